The van der Waals surface area contributed by atoms with Gasteiger partial charge in [-0.15, -0.1) is 0 Å². The Labute approximate surface area is 166 Å². The van der Waals surface area contributed by atoms with Crippen LogP contribution in [0.2, 0.25) is 5.15 Å². The zero-order valence-electron chi connectivity index (χ0n) is 15.8. The van der Waals surface area contributed by atoms with Gasteiger partial charge in [0.25, 0.3) is 0 Å². The Bertz CT molecular complexity index is 753. The molecule has 150 valence electrons. The van der Waals surface area contributed by atoms with Crippen LogP contribution in [0.5, 0.6) is 0 Å². The first-order chi connectivity index (χ1) is 12.8. The predicted octanol–water partition coefficient (Wildman–Crippen LogP) is 1.55. The lowest BCUT2D eigenvalue weighted by atomic mass is 9.92. The maximum Gasteiger partial charge on any atom is 0.244 e. The van der Waals surface area contributed by atoms with E-state index < -0.39 is 10.0 Å². The minimum absolute atomic E-state index is 0.145. The number of piperazine rings is 1. The van der Waals surface area contributed by atoms with Gasteiger partial charge in [0.2, 0.25) is 15.9 Å². The molecular formula is C18H27ClN4O3S. The van der Waals surface area contributed by atoms with E-state index in [1.807, 2.05) is 9.80 Å². The zero-order valence-corrected chi connectivity index (χ0v) is 17.4. The molecule has 9 heteroatoms. The first-order valence-corrected chi connectivity index (χ1v) is 11.2. The number of hydrogen-bond acceptors (Lipinski definition) is 5. The van der Waals surface area contributed by atoms with Gasteiger partial charge < -0.3 is 4.90 Å². The molecule has 0 aliphatic carbocycles. The molecule has 3 heterocycles. The average molecular weight is 415 g/mol. The van der Waals surface area contributed by atoms with Crippen LogP contribution in [-0.4, -0.2) is 79.2 Å². The molecule has 0 bridgehead atoms. The molecule has 0 spiro atoms. The molecule has 7 nitrogen and oxygen atoms in total. The van der Waals surface area contributed by atoms with Crippen molar-refractivity contribution in [3.05, 3.63) is 23.5 Å². The molecule has 0 radical (unpaired) electrons. The van der Waals surface area contributed by atoms with E-state index in [1.54, 1.807) is 0 Å². The fourth-order valence-electron chi connectivity index (χ4n) is 3.95. The number of aromatic nitrogens is 1. The average Bonchev–Trinajstić information content (AvgIpc) is 2.61. The smallest absolute Gasteiger partial charge is 0.244 e. The summed E-state index contributed by atoms with van der Waals surface area (Å²) in [5.74, 6) is 1.21. The summed E-state index contributed by atoms with van der Waals surface area (Å²) in [5.41, 5.74) is 0. The van der Waals surface area contributed by atoms with Gasteiger partial charge >= 0.3 is 0 Å². The van der Waals surface area contributed by atoms with Crippen molar-refractivity contribution in [1.82, 2.24) is 19.1 Å². The molecule has 0 aromatic carbocycles. The highest BCUT2D eigenvalue weighted by molar-refractivity contribution is 7.89. The maximum atomic E-state index is 12.7. The number of halogens is 1. The fourth-order valence-corrected chi connectivity index (χ4v) is 5.43. The van der Waals surface area contributed by atoms with Crippen molar-refractivity contribution >= 4 is 27.5 Å². The molecule has 27 heavy (non-hydrogen) atoms. The van der Waals surface area contributed by atoms with Crippen molar-refractivity contribution in [2.75, 3.05) is 45.8 Å². The molecule has 1 amide bonds. The van der Waals surface area contributed by atoms with E-state index in [9.17, 15) is 13.2 Å². The van der Waals surface area contributed by atoms with Gasteiger partial charge in [0, 0.05) is 45.5 Å². The third kappa shape index (κ3) is 4.99. The number of sulfonamides is 1. The monoisotopic (exact) mass is 414 g/mol. The fraction of sp³-hybridized carbons (Fsp3) is 0.667. The summed E-state index contributed by atoms with van der Waals surface area (Å²) in [6.07, 6.45) is 2.45. The number of pyridine rings is 1. The molecule has 1 aromatic rings. The first kappa shape index (κ1) is 20.5. The lowest BCUT2D eigenvalue weighted by molar-refractivity contribution is -0.135. The van der Waals surface area contributed by atoms with Gasteiger partial charge in [-0.2, -0.15) is 4.31 Å². The van der Waals surface area contributed by atoms with Crippen LogP contribution >= 0.6 is 11.6 Å². The van der Waals surface area contributed by atoms with Crippen LogP contribution in [0.15, 0.2) is 23.2 Å². The largest absolute Gasteiger partial charge is 0.341 e. The van der Waals surface area contributed by atoms with Gasteiger partial charge in [0.1, 0.15) is 10.0 Å². The van der Waals surface area contributed by atoms with Crippen LogP contribution in [0.25, 0.3) is 0 Å². The van der Waals surface area contributed by atoms with Crippen LogP contribution in [-0.2, 0) is 14.8 Å². The van der Waals surface area contributed by atoms with E-state index in [0.717, 1.165) is 13.1 Å². The van der Waals surface area contributed by atoms with Crippen LogP contribution in [0.1, 0.15) is 20.3 Å². The summed E-state index contributed by atoms with van der Waals surface area (Å²) in [6, 6.07) is 2.95. The maximum absolute atomic E-state index is 12.7. The normalized spacial score (nSPS) is 25.5. The van der Waals surface area contributed by atoms with Gasteiger partial charge in [0.15, 0.2) is 0 Å². The molecule has 1 aromatic heterocycles. The number of likely N-dealkylation sites (tertiary alicyclic amines) is 1. The second-order valence-electron chi connectivity index (χ2n) is 7.74. The SMILES string of the molecule is CC1CC(C)CN(C(=O)CN2CCN(S(=O)(=O)c3ccc(Cl)nc3)CC2)C1. The first-order valence-electron chi connectivity index (χ1n) is 9.37. The summed E-state index contributed by atoms with van der Waals surface area (Å²) in [5, 5.41) is 0.263. The molecule has 2 fully saturated rings. The number of nitrogens with zero attached hydrogens (tertiary/aromatic N) is 4. The minimum atomic E-state index is -3.58. The topological polar surface area (TPSA) is 73.8 Å². The number of carbonyl (C=O) groups excluding carboxylic acids is 1. The van der Waals surface area contributed by atoms with Gasteiger partial charge in [0.05, 0.1) is 6.54 Å². The molecule has 0 saturated carbocycles. The standard InChI is InChI=1S/C18H27ClN4O3S/c1-14-9-15(2)12-22(11-14)18(24)13-21-5-7-23(8-6-21)27(25,26)16-3-4-17(19)20-10-16/h3-4,10,14-15H,5-9,11-13H2,1-2H3. The van der Waals surface area contributed by atoms with Crippen LogP contribution in [0.4, 0.5) is 0 Å². The number of amides is 1. The number of rotatable bonds is 4. The Balaban J connectivity index is 1.54. The quantitative estimate of drug-likeness (QED) is 0.699. The minimum Gasteiger partial charge on any atom is -0.341 e. The lowest BCUT2D eigenvalue weighted by Crippen LogP contribution is -2.52. The van der Waals surface area contributed by atoms with E-state index in [-0.39, 0.29) is 16.0 Å². The summed E-state index contributed by atoms with van der Waals surface area (Å²) >= 11 is 5.73. The Morgan fingerprint density at radius 2 is 1.78 bits per heavy atom. The third-order valence-electron chi connectivity index (χ3n) is 5.25. The molecule has 0 N–H and O–H groups in total. The van der Waals surface area contributed by atoms with Gasteiger partial charge in [-0.1, -0.05) is 25.4 Å². The van der Waals surface area contributed by atoms with E-state index >= 15 is 0 Å². The molecule has 3 rings (SSSR count). The zero-order chi connectivity index (χ0) is 19.6. The highest BCUT2D eigenvalue weighted by Crippen LogP contribution is 2.22. The highest BCUT2D eigenvalue weighted by Gasteiger charge is 2.31. The van der Waals surface area contributed by atoms with Crippen molar-refractivity contribution < 1.29 is 13.2 Å². The number of carbonyl (C=O) groups is 1. The van der Waals surface area contributed by atoms with E-state index in [2.05, 4.69) is 18.8 Å². The Kier molecular flexibility index (Phi) is 6.40. The molecular weight excluding hydrogens is 388 g/mol. The summed E-state index contributed by atoms with van der Waals surface area (Å²) in [7, 11) is -3.58. The third-order valence-corrected chi connectivity index (χ3v) is 7.36. The lowest BCUT2D eigenvalue weighted by Gasteiger charge is -2.38. The van der Waals surface area contributed by atoms with E-state index in [1.165, 1.54) is 29.1 Å². The van der Waals surface area contributed by atoms with Crippen molar-refractivity contribution in [1.29, 1.82) is 0 Å². The number of hydrogen-bond donors (Lipinski definition) is 0. The van der Waals surface area contributed by atoms with Crippen LogP contribution in [0, 0.1) is 11.8 Å². The highest BCUT2D eigenvalue weighted by atomic mass is 35.5. The Morgan fingerprint density at radius 3 is 2.33 bits per heavy atom. The predicted molar refractivity (Wildman–Crippen MR) is 104 cm³/mol. The van der Waals surface area contributed by atoms with Crippen LogP contribution < -0.4 is 0 Å². The molecule has 2 saturated heterocycles. The summed E-state index contributed by atoms with van der Waals surface area (Å²) in [4.78, 5) is 20.6. The summed E-state index contributed by atoms with van der Waals surface area (Å²) in [6.45, 7) is 8.19. The van der Waals surface area contributed by atoms with Crippen molar-refractivity contribution in [3.63, 3.8) is 0 Å². The molecule has 2 unspecified atom stereocenters. The van der Waals surface area contributed by atoms with Crippen molar-refractivity contribution in [2.45, 2.75) is 25.2 Å². The van der Waals surface area contributed by atoms with E-state index in [0.29, 0.717) is 44.6 Å². The Hall–Kier alpha value is -1.22. The second kappa shape index (κ2) is 8.43. The number of piperidine rings is 1. The molecule has 2 aliphatic heterocycles. The summed E-state index contributed by atoms with van der Waals surface area (Å²) < 4.78 is 26.8. The van der Waals surface area contributed by atoms with Crippen molar-refractivity contribution in [2.24, 2.45) is 11.8 Å². The molecule has 2 aliphatic rings. The molecule has 2 atom stereocenters. The van der Waals surface area contributed by atoms with E-state index in [4.69, 9.17) is 11.6 Å². The van der Waals surface area contributed by atoms with Gasteiger partial charge in [-0.05, 0) is 30.4 Å². The van der Waals surface area contributed by atoms with Gasteiger partial charge in [-0.3, -0.25) is 9.69 Å². The Morgan fingerprint density at radius 1 is 1.15 bits per heavy atom. The van der Waals surface area contributed by atoms with Crippen molar-refractivity contribution in [3.8, 4) is 0 Å². The van der Waals surface area contributed by atoms with Gasteiger partial charge in [-0.25, -0.2) is 13.4 Å². The van der Waals surface area contributed by atoms with Crippen LogP contribution in [0.3, 0.4) is 0 Å². The second-order valence-corrected chi connectivity index (χ2v) is 10.1.